The predicted molar refractivity (Wildman–Crippen MR) is 85.4 cm³/mol. The SMILES string of the molecule is CCCc1cc(=O)[nH]c(Sc2nc(Cl)nc3sccc23)n1. The summed E-state index contributed by atoms with van der Waals surface area (Å²) in [6.07, 6.45) is 1.71. The van der Waals surface area contributed by atoms with Crippen molar-refractivity contribution in [3.8, 4) is 0 Å². The Kier molecular flexibility index (Phi) is 4.23. The lowest BCUT2D eigenvalue weighted by molar-refractivity contribution is 0.815. The Morgan fingerprint density at radius 2 is 2.24 bits per heavy atom. The molecule has 0 radical (unpaired) electrons. The van der Waals surface area contributed by atoms with Crippen molar-refractivity contribution in [2.75, 3.05) is 0 Å². The van der Waals surface area contributed by atoms with Crippen molar-refractivity contribution < 1.29 is 0 Å². The zero-order valence-corrected chi connectivity index (χ0v) is 13.5. The van der Waals surface area contributed by atoms with E-state index in [1.165, 1.54) is 29.2 Å². The number of aromatic nitrogens is 4. The van der Waals surface area contributed by atoms with Gasteiger partial charge in [0, 0.05) is 17.1 Å². The van der Waals surface area contributed by atoms with Gasteiger partial charge < -0.3 is 4.98 Å². The van der Waals surface area contributed by atoms with Crippen LogP contribution in [0.4, 0.5) is 0 Å². The van der Waals surface area contributed by atoms with Crippen LogP contribution in [-0.4, -0.2) is 19.9 Å². The summed E-state index contributed by atoms with van der Waals surface area (Å²) in [7, 11) is 0. The number of rotatable bonds is 4. The lowest BCUT2D eigenvalue weighted by Crippen LogP contribution is -2.10. The Balaban J connectivity index is 2.02. The van der Waals surface area contributed by atoms with Crippen molar-refractivity contribution in [2.24, 2.45) is 0 Å². The maximum Gasteiger partial charge on any atom is 0.251 e. The van der Waals surface area contributed by atoms with E-state index in [4.69, 9.17) is 11.6 Å². The molecular weight excluding hydrogens is 328 g/mol. The van der Waals surface area contributed by atoms with E-state index in [2.05, 4.69) is 26.9 Å². The van der Waals surface area contributed by atoms with Gasteiger partial charge in [-0.25, -0.2) is 15.0 Å². The molecular formula is C13H11ClN4OS2. The molecule has 0 aliphatic rings. The Bertz CT molecular complexity index is 846. The van der Waals surface area contributed by atoms with Crippen LogP contribution < -0.4 is 5.56 Å². The van der Waals surface area contributed by atoms with E-state index in [0.717, 1.165) is 28.8 Å². The van der Waals surface area contributed by atoms with Gasteiger partial charge in [-0.05, 0) is 41.2 Å². The summed E-state index contributed by atoms with van der Waals surface area (Å²) in [4.78, 5) is 28.1. The van der Waals surface area contributed by atoms with E-state index >= 15 is 0 Å². The van der Waals surface area contributed by atoms with Gasteiger partial charge in [-0.2, -0.15) is 0 Å². The minimum absolute atomic E-state index is 0.155. The van der Waals surface area contributed by atoms with Gasteiger partial charge in [0.15, 0.2) is 5.16 Å². The van der Waals surface area contributed by atoms with E-state index in [9.17, 15) is 4.79 Å². The van der Waals surface area contributed by atoms with Crippen molar-refractivity contribution in [3.63, 3.8) is 0 Å². The van der Waals surface area contributed by atoms with Crippen molar-refractivity contribution in [3.05, 3.63) is 38.8 Å². The van der Waals surface area contributed by atoms with Gasteiger partial charge in [-0.15, -0.1) is 11.3 Å². The standard InChI is InChI=1S/C13H11ClN4OS2/c1-2-3-7-6-9(19)16-13(15-7)21-11-8-4-5-20-10(8)17-12(14)18-11/h4-6H,2-3H2,1H3,(H,15,16,19). The highest BCUT2D eigenvalue weighted by molar-refractivity contribution is 7.99. The molecule has 0 spiro atoms. The number of halogens is 1. The first-order chi connectivity index (χ1) is 10.2. The van der Waals surface area contributed by atoms with Crippen LogP contribution in [-0.2, 0) is 6.42 Å². The highest BCUT2D eigenvalue weighted by atomic mass is 35.5. The number of hydrogen-bond acceptors (Lipinski definition) is 6. The molecule has 0 bridgehead atoms. The fourth-order valence-electron chi connectivity index (χ4n) is 1.89. The Morgan fingerprint density at radius 1 is 1.38 bits per heavy atom. The van der Waals surface area contributed by atoms with E-state index in [0.29, 0.717) is 10.2 Å². The van der Waals surface area contributed by atoms with Crippen molar-refractivity contribution >= 4 is 44.9 Å². The molecule has 0 unspecified atom stereocenters. The van der Waals surface area contributed by atoms with E-state index in [1.54, 1.807) is 0 Å². The monoisotopic (exact) mass is 338 g/mol. The van der Waals surface area contributed by atoms with E-state index in [-0.39, 0.29) is 10.8 Å². The smallest absolute Gasteiger partial charge is 0.251 e. The molecule has 0 aromatic carbocycles. The van der Waals surface area contributed by atoms with Gasteiger partial charge >= 0.3 is 0 Å². The third-order valence-electron chi connectivity index (χ3n) is 2.74. The topological polar surface area (TPSA) is 71.5 Å². The van der Waals surface area contributed by atoms with Crippen molar-refractivity contribution in [1.29, 1.82) is 0 Å². The highest BCUT2D eigenvalue weighted by Crippen LogP contribution is 2.32. The fraction of sp³-hybridized carbons (Fsp3) is 0.231. The number of nitrogens with zero attached hydrogens (tertiary/aromatic N) is 3. The van der Waals surface area contributed by atoms with Crippen LogP contribution in [0, 0.1) is 0 Å². The summed E-state index contributed by atoms with van der Waals surface area (Å²) >= 11 is 8.73. The Labute approximate surface area is 133 Å². The van der Waals surface area contributed by atoms with Gasteiger partial charge in [0.25, 0.3) is 5.56 Å². The Morgan fingerprint density at radius 3 is 3.05 bits per heavy atom. The van der Waals surface area contributed by atoms with Crippen molar-refractivity contribution in [2.45, 2.75) is 29.9 Å². The second kappa shape index (κ2) is 6.13. The molecule has 0 saturated heterocycles. The largest absolute Gasteiger partial charge is 0.301 e. The number of thiophene rings is 1. The number of fused-ring (bicyclic) bond motifs is 1. The second-order valence-electron chi connectivity index (χ2n) is 4.33. The third kappa shape index (κ3) is 3.25. The van der Waals surface area contributed by atoms with Crippen LogP contribution in [0.15, 0.2) is 32.5 Å². The zero-order valence-electron chi connectivity index (χ0n) is 11.1. The first-order valence-corrected chi connectivity index (χ1v) is 8.42. The van der Waals surface area contributed by atoms with Crippen LogP contribution in [0.25, 0.3) is 10.2 Å². The van der Waals surface area contributed by atoms with Crippen LogP contribution >= 0.6 is 34.7 Å². The molecule has 0 fully saturated rings. The van der Waals surface area contributed by atoms with Crippen LogP contribution in [0.5, 0.6) is 0 Å². The molecule has 3 rings (SSSR count). The quantitative estimate of drug-likeness (QED) is 0.582. The molecule has 0 saturated carbocycles. The number of aromatic amines is 1. The predicted octanol–water partition coefficient (Wildman–Crippen LogP) is 3.53. The molecule has 0 atom stereocenters. The summed E-state index contributed by atoms with van der Waals surface area (Å²) in [5.41, 5.74) is 0.628. The van der Waals surface area contributed by atoms with E-state index < -0.39 is 0 Å². The first kappa shape index (κ1) is 14.5. The van der Waals surface area contributed by atoms with Gasteiger partial charge in [-0.3, -0.25) is 4.79 Å². The highest BCUT2D eigenvalue weighted by Gasteiger charge is 2.11. The maximum absolute atomic E-state index is 11.7. The first-order valence-electron chi connectivity index (χ1n) is 6.34. The minimum atomic E-state index is -0.155. The third-order valence-corrected chi connectivity index (χ3v) is 4.60. The number of nitrogens with one attached hydrogen (secondary N) is 1. The van der Waals surface area contributed by atoms with Gasteiger partial charge in [-0.1, -0.05) is 13.3 Å². The molecule has 0 aliphatic heterocycles. The minimum Gasteiger partial charge on any atom is -0.301 e. The van der Waals surface area contributed by atoms with Gasteiger partial charge in [0.1, 0.15) is 9.86 Å². The van der Waals surface area contributed by atoms with Gasteiger partial charge in [0.05, 0.1) is 0 Å². The van der Waals surface area contributed by atoms with Gasteiger partial charge in [0.2, 0.25) is 5.28 Å². The number of aryl methyl sites for hydroxylation is 1. The van der Waals surface area contributed by atoms with Crippen molar-refractivity contribution in [1.82, 2.24) is 19.9 Å². The summed E-state index contributed by atoms with van der Waals surface area (Å²) in [5, 5.41) is 4.26. The summed E-state index contributed by atoms with van der Waals surface area (Å²) in [5.74, 6) is 0. The molecule has 8 heteroatoms. The maximum atomic E-state index is 11.7. The average Bonchev–Trinajstić information content (AvgIpc) is 2.86. The summed E-state index contributed by atoms with van der Waals surface area (Å²) in [6.45, 7) is 2.05. The second-order valence-corrected chi connectivity index (χ2v) is 6.54. The lowest BCUT2D eigenvalue weighted by Gasteiger charge is -2.04. The molecule has 0 amide bonds. The summed E-state index contributed by atoms with van der Waals surface area (Å²) < 4.78 is 0. The molecule has 3 heterocycles. The lowest BCUT2D eigenvalue weighted by atomic mass is 10.2. The van der Waals surface area contributed by atoms with Crippen LogP contribution in [0.2, 0.25) is 5.28 Å². The number of hydrogen-bond donors (Lipinski definition) is 1. The molecule has 3 aromatic heterocycles. The molecule has 0 aliphatic carbocycles. The fourth-order valence-corrected chi connectivity index (χ4v) is 3.89. The molecule has 21 heavy (non-hydrogen) atoms. The average molecular weight is 339 g/mol. The van der Waals surface area contributed by atoms with Crippen LogP contribution in [0.1, 0.15) is 19.0 Å². The summed E-state index contributed by atoms with van der Waals surface area (Å²) in [6, 6.07) is 3.47. The zero-order chi connectivity index (χ0) is 14.8. The molecule has 1 N–H and O–H groups in total. The molecule has 3 aromatic rings. The normalized spacial score (nSPS) is 11.1. The van der Waals surface area contributed by atoms with Crippen LogP contribution in [0.3, 0.4) is 0 Å². The Hall–Kier alpha value is -1.44. The molecule has 5 nitrogen and oxygen atoms in total. The van der Waals surface area contributed by atoms with E-state index in [1.807, 2.05) is 11.4 Å². The molecule has 108 valence electrons. The number of H-pyrrole nitrogens is 1.